The van der Waals surface area contributed by atoms with E-state index in [9.17, 15) is 0 Å². The van der Waals surface area contributed by atoms with E-state index in [-0.39, 0.29) is 12.2 Å². The predicted molar refractivity (Wildman–Crippen MR) is 96.9 cm³/mol. The second-order valence-corrected chi connectivity index (χ2v) is 6.85. The Balaban J connectivity index is 1.61. The summed E-state index contributed by atoms with van der Waals surface area (Å²) in [5.74, 6) is 2.53. The average Bonchev–Trinajstić information content (AvgIpc) is 3.32. The second kappa shape index (κ2) is 5.45. The standard InChI is InChI=1S/C21H21NO3/c1-2-3-6-9-22-12-21(15-7-4-5-8-17(15)22)13-23-18-11-20-19(10-16(18)21)24-14-25-20/h3-8,10-11H,2,9,12-14H2,1H3/b6-3+. The molecule has 4 heteroatoms. The van der Waals surface area contributed by atoms with Gasteiger partial charge in [0.1, 0.15) is 12.4 Å². The molecule has 1 atom stereocenters. The quantitative estimate of drug-likeness (QED) is 0.797. The van der Waals surface area contributed by atoms with Crippen molar-refractivity contribution in [3.05, 3.63) is 59.7 Å². The summed E-state index contributed by atoms with van der Waals surface area (Å²) >= 11 is 0. The Labute approximate surface area is 147 Å². The first-order valence-corrected chi connectivity index (χ1v) is 8.88. The second-order valence-electron chi connectivity index (χ2n) is 6.85. The molecular formula is C21H21NO3. The molecule has 4 nitrogen and oxygen atoms in total. The van der Waals surface area contributed by atoms with Crippen LogP contribution in [0.15, 0.2) is 48.6 Å². The van der Waals surface area contributed by atoms with E-state index in [1.165, 1.54) is 16.8 Å². The first-order chi connectivity index (χ1) is 12.3. The van der Waals surface area contributed by atoms with E-state index in [0.29, 0.717) is 6.61 Å². The molecule has 25 heavy (non-hydrogen) atoms. The van der Waals surface area contributed by atoms with E-state index in [0.717, 1.165) is 36.8 Å². The van der Waals surface area contributed by atoms with Gasteiger partial charge in [-0.05, 0) is 24.1 Å². The molecule has 2 aromatic carbocycles. The number of nitrogens with zero attached hydrogens (tertiary/aromatic N) is 1. The minimum absolute atomic E-state index is 0.132. The first-order valence-electron chi connectivity index (χ1n) is 8.88. The number of fused-ring (bicyclic) bond motifs is 5. The molecule has 0 bridgehead atoms. The molecule has 2 aromatic rings. The highest BCUT2D eigenvalue weighted by atomic mass is 16.7. The van der Waals surface area contributed by atoms with Crippen molar-refractivity contribution in [2.24, 2.45) is 0 Å². The van der Waals surface area contributed by atoms with Crippen LogP contribution in [0.4, 0.5) is 5.69 Å². The third kappa shape index (κ3) is 2.06. The van der Waals surface area contributed by atoms with E-state index < -0.39 is 0 Å². The predicted octanol–water partition coefficient (Wildman–Crippen LogP) is 3.88. The van der Waals surface area contributed by atoms with Crippen molar-refractivity contribution < 1.29 is 14.2 Å². The molecule has 0 saturated heterocycles. The smallest absolute Gasteiger partial charge is 0.231 e. The largest absolute Gasteiger partial charge is 0.492 e. The summed E-state index contributed by atoms with van der Waals surface area (Å²) in [4.78, 5) is 2.45. The zero-order valence-corrected chi connectivity index (χ0v) is 14.3. The lowest BCUT2D eigenvalue weighted by Crippen LogP contribution is -2.36. The van der Waals surface area contributed by atoms with Gasteiger partial charge in [0, 0.05) is 30.4 Å². The monoisotopic (exact) mass is 335 g/mol. The topological polar surface area (TPSA) is 30.9 Å². The van der Waals surface area contributed by atoms with Crippen molar-refractivity contribution >= 4 is 5.69 Å². The zero-order chi connectivity index (χ0) is 16.9. The van der Waals surface area contributed by atoms with Crippen LogP contribution < -0.4 is 19.1 Å². The Morgan fingerprint density at radius 2 is 1.84 bits per heavy atom. The number of hydrogen-bond acceptors (Lipinski definition) is 4. The molecule has 0 N–H and O–H groups in total. The summed E-state index contributed by atoms with van der Waals surface area (Å²) in [5, 5.41) is 0. The number of hydrogen-bond donors (Lipinski definition) is 0. The average molecular weight is 335 g/mol. The molecule has 3 heterocycles. The third-order valence-corrected chi connectivity index (χ3v) is 5.41. The lowest BCUT2D eigenvalue weighted by molar-refractivity contribution is 0.173. The minimum atomic E-state index is -0.132. The molecule has 1 unspecified atom stereocenters. The zero-order valence-electron chi connectivity index (χ0n) is 14.3. The Morgan fingerprint density at radius 1 is 1.00 bits per heavy atom. The Bertz CT molecular complexity index is 860. The van der Waals surface area contributed by atoms with Crippen LogP contribution >= 0.6 is 0 Å². The van der Waals surface area contributed by atoms with E-state index in [4.69, 9.17) is 14.2 Å². The fraction of sp³-hybridized carbons (Fsp3) is 0.333. The molecule has 0 radical (unpaired) electrons. The van der Waals surface area contributed by atoms with Crippen molar-refractivity contribution in [1.29, 1.82) is 0 Å². The minimum Gasteiger partial charge on any atom is -0.492 e. The van der Waals surface area contributed by atoms with Crippen LogP contribution in [0.5, 0.6) is 17.2 Å². The highest BCUT2D eigenvalue weighted by Crippen LogP contribution is 2.54. The van der Waals surface area contributed by atoms with Gasteiger partial charge in [0.2, 0.25) is 6.79 Å². The van der Waals surface area contributed by atoms with Gasteiger partial charge >= 0.3 is 0 Å². The van der Waals surface area contributed by atoms with Crippen molar-refractivity contribution in [3.63, 3.8) is 0 Å². The van der Waals surface area contributed by atoms with Gasteiger partial charge in [-0.1, -0.05) is 37.3 Å². The van der Waals surface area contributed by atoms with Gasteiger partial charge < -0.3 is 19.1 Å². The highest BCUT2D eigenvalue weighted by molar-refractivity contribution is 5.71. The van der Waals surface area contributed by atoms with Crippen LogP contribution in [-0.2, 0) is 5.41 Å². The van der Waals surface area contributed by atoms with Gasteiger partial charge in [-0.25, -0.2) is 0 Å². The lowest BCUT2D eigenvalue weighted by atomic mass is 9.77. The van der Waals surface area contributed by atoms with Crippen molar-refractivity contribution in [3.8, 4) is 17.2 Å². The van der Waals surface area contributed by atoms with Crippen molar-refractivity contribution in [1.82, 2.24) is 0 Å². The molecule has 0 aromatic heterocycles. The maximum atomic E-state index is 6.11. The van der Waals surface area contributed by atoms with Gasteiger partial charge in [-0.15, -0.1) is 0 Å². The molecule has 0 amide bonds. The lowest BCUT2D eigenvalue weighted by Gasteiger charge is -2.24. The van der Waals surface area contributed by atoms with Crippen LogP contribution in [-0.4, -0.2) is 26.5 Å². The fourth-order valence-corrected chi connectivity index (χ4v) is 4.23. The van der Waals surface area contributed by atoms with Crippen LogP contribution in [0.1, 0.15) is 24.5 Å². The molecule has 0 aliphatic carbocycles. The van der Waals surface area contributed by atoms with Gasteiger partial charge in [-0.3, -0.25) is 0 Å². The van der Waals surface area contributed by atoms with E-state index in [1.54, 1.807) is 0 Å². The summed E-state index contributed by atoms with van der Waals surface area (Å²) in [5.41, 5.74) is 3.73. The van der Waals surface area contributed by atoms with E-state index in [1.807, 2.05) is 6.07 Å². The van der Waals surface area contributed by atoms with E-state index in [2.05, 4.69) is 54.3 Å². The molecule has 0 saturated carbocycles. The normalized spacial score (nSPS) is 22.5. The summed E-state index contributed by atoms with van der Waals surface area (Å²) in [6.07, 6.45) is 5.55. The third-order valence-electron chi connectivity index (χ3n) is 5.41. The molecule has 3 aliphatic heterocycles. The van der Waals surface area contributed by atoms with Crippen LogP contribution in [0.2, 0.25) is 0 Å². The number of rotatable bonds is 3. The van der Waals surface area contributed by atoms with Gasteiger partial charge in [0.05, 0.1) is 5.41 Å². The first kappa shape index (κ1) is 14.7. The maximum absolute atomic E-state index is 6.11. The molecular weight excluding hydrogens is 314 g/mol. The van der Waals surface area contributed by atoms with Gasteiger partial charge in [0.25, 0.3) is 0 Å². The molecule has 128 valence electrons. The fourth-order valence-electron chi connectivity index (χ4n) is 4.23. The van der Waals surface area contributed by atoms with Crippen molar-refractivity contribution in [2.45, 2.75) is 18.8 Å². The maximum Gasteiger partial charge on any atom is 0.231 e. The van der Waals surface area contributed by atoms with Crippen LogP contribution in [0.25, 0.3) is 0 Å². The Hall–Kier alpha value is -2.62. The van der Waals surface area contributed by atoms with Crippen molar-refractivity contribution in [2.75, 3.05) is 31.4 Å². The molecule has 1 spiro atoms. The van der Waals surface area contributed by atoms with Crippen LogP contribution in [0.3, 0.4) is 0 Å². The number of ether oxygens (including phenoxy) is 3. The van der Waals surface area contributed by atoms with Gasteiger partial charge in [-0.2, -0.15) is 0 Å². The van der Waals surface area contributed by atoms with Crippen LogP contribution in [0, 0.1) is 0 Å². The molecule has 3 aliphatic rings. The Morgan fingerprint density at radius 3 is 2.72 bits per heavy atom. The number of para-hydroxylation sites is 1. The summed E-state index contributed by atoms with van der Waals surface area (Å²) in [6.45, 7) is 4.96. The number of allylic oxidation sites excluding steroid dienone is 1. The SMILES string of the molecule is CC/C=C/CN1CC2(COc3cc4c(cc32)OCO4)c2ccccc21. The number of anilines is 1. The molecule has 0 fully saturated rings. The number of benzene rings is 2. The highest BCUT2D eigenvalue weighted by Gasteiger charge is 2.50. The summed E-state index contributed by atoms with van der Waals surface area (Å²) in [6, 6.07) is 12.8. The summed E-state index contributed by atoms with van der Waals surface area (Å²) < 4.78 is 17.2. The molecule has 5 rings (SSSR count). The Kier molecular flexibility index (Phi) is 3.20. The summed E-state index contributed by atoms with van der Waals surface area (Å²) in [7, 11) is 0. The van der Waals surface area contributed by atoms with Gasteiger partial charge in [0.15, 0.2) is 11.5 Å². The van der Waals surface area contributed by atoms with E-state index >= 15 is 0 Å².